The minimum atomic E-state index is 0.798. The maximum Gasteiger partial charge on any atom is 0.137 e. The molecule has 0 saturated heterocycles. The molecule has 0 aliphatic carbocycles. The first-order chi connectivity index (χ1) is 7.74. The van der Waals surface area contributed by atoms with Crippen LogP contribution in [-0.4, -0.2) is 7.11 Å². The van der Waals surface area contributed by atoms with Crippen molar-refractivity contribution in [2.24, 2.45) is 0 Å². The molecule has 2 rings (SSSR count). The smallest absolute Gasteiger partial charge is 0.137 e. The summed E-state index contributed by atoms with van der Waals surface area (Å²) < 4.78 is 10.9. The van der Waals surface area contributed by atoms with Crippen molar-refractivity contribution < 1.29 is 9.15 Å². The molecule has 0 radical (unpaired) electrons. The van der Waals surface area contributed by atoms with Gasteiger partial charge in [0, 0.05) is 0 Å². The first kappa shape index (κ1) is 10.6. The summed E-state index contributed by atoms with van der Waals surface area (Å²) in [5.74, 6) is 2.52. The summed E-state index contributed by atoms with van der Waals surface area (Å²) in [4.78, 5) is 0. The van der Waals surface area contributed by atoms with Gasteiger partial charge in [0.15, 0.2) is 0 Å². The van der Waals surface area contributed by atoms with Crippen molar-refractivity contribution in [3.05, 3.63) is 48.2 Å². The summed E-state index contributed by atoms with van der Waals surface area (Å²) in [5.41, 5.74) is 1.99. The van der Waals surface area contributed by atoms with Crippen LogP contribution >= 0.6 is 0 Å². The summed E-state index contributed by atoms with van der Waals surface area (Å²) in [5, 5.41) is 0. The van der Waals surface area contributed by atoms with E-state index in [0.29, 0.717) is 0 Å². The number of ether oxygens (including phenoxy) is 1. The van der Waals surface area contributed by atoms with E-state index in [1.54, 1.807) is 13.2 Å². The normalized spacial score (nSPS) is 10.1. The van der Waals surface area contributed by atoms with E-state index in [1.807, 2.05) is 37.3 Å². The van der Waals surface area contributed by atoms with Gasteiger partial charge in [-0.1, -0.05) is 18.7 Å². The molecular formula is C14H14O2. The van der Waals surface area contributed by atoms with Crippen molar-refractivity contribution in [3.8, 4) is 17.1 Å². The van der Waals surface area contributed by atoms with Crippen LogP contribution in [0.15, 0.2) is 41.3 Å². The van der Waals surface area contributed by atoms with Gasteiger partial charge in [-0.05, 0) is 36.8 Å². The standard InChI is InChI=1S/C14H14O2/c1-4-11-6-7-12(14(9-11)15-3)13-8-5-10(2)16-13/h4-9H,1H2,2-3H3. The number of aryl methyl sites for hydroxylation is 1. The van der Waals surface area contributed by atoms with Gasteiger partial charge in [0.1, 0.15) is 17.3 Å². The number of benzene rings is 1. The average molecular weight is 214 g/mol. The molecule has 0 saturated carbocycles. The lowest BCUT2D eigenvalue weighted by atomic mass is 10.1. The third-order valence-corrected chi connectivity index (χ3v) is 2.47. The number of methoxy groups -OCH3 is 1. The van der Waals surface area contributed by atoms with Gasteiger partial charge in [-0.15, -0.1) is 0 Å². The van der Waals surface area contributed by atoms with Crippen LogP contribution in [0.2, 0.25) is 0 Å². The molecule has 0 atom stereocenters. The van der Waals surface area contributed by atoms with Crippen molar-refractivity contribution in [1.29, 1.82) is 0 Å². The minimum absolute atomic E-state index is 0.798. The SMILES string of the molecule is C=Cc1ccc(-c2ccc(C)o2)c(OC)c1. The lowest BCUT2D eigenvalue weighted by molar-refractivity contribution is 0.414. The third kappa shape index (κ3) is 1.87. The molecule has 0 fully saturated rings. The minimum Gasteiger partial charge on any atom is -0.496 e. The van der Waals surface area contributed by atoms with E-state index in [-0.39, 0.29) is 0 Å². The summed E-state index contributed by atoms with van der Waals surface area (Å²) in [6, 6.07) is 9.80. The molecule has 0 unspecified atom stereocenters. The number of hydrogen-bond donors (Lipinski definition) is 0. The summed E-state index contributed by atoms with van der Waals surface area (Å²) in [6.45, 7) is 5.66. The highest BCUT2D eigenvalue weighted by Gasteiger charge is 2.09. The van der Waals surface area contributed by atoms with Crippen LogP contribution in [0.3, 0.4) is 0 Å². The monoisotopic (exact) mass is 214 g/mol. The second-order valence-electron chi connectivity index (χ2n) is 3.57. The Bertz CT molecular complexity index is 509. The van der Waals surface area contributed by atoms with Crippen LogP contribution in [0.5, 0.6) is 5.75 Å². The van der Waals surface area contributed by atoms with Crippen molar-refractivity contribution in [2.45, 2.75) is 6.92 Å². The molecule has 0 N–H and O–H groups in total. The van der Waals surface area contributed by atoms with Gasteiger partial charge in [0.2, 0.25) is 0 Å². The zero-order valence-corrected chi connectivity index (χ0v) is 9.49. The van der Waals surface area contributed by atoms with Gasteiger partial charge in [-0.2, -0.15) is 0 Å². The fraction of sp³-hybridized carbons (Fsp3) is 0.143. The Morgan fingerprint density at radius 2 is 2.06 bits per heavy atom. The molecule has 2 aromatic rings. The lowest BCUT2D eigenvalue weighted by Crippen LogP contribution is -1.87. The summed E-state index contributed by atoms with van der Waals surface area (Å²) in [6.07, 6.45) is 1.79. The molecular weight excluding hydrogens is 200 g/mol. The third-order valence-electron chi connectivity index (χ3n) is 2.47. The lowest BCUT2D eigenvalue weighted by Gasteiger charge is -2.07. The van der Waals surface area contributed by atoms with Gasteiger partial charge < -0.3 is 9.15 Å². The molecule has 0 spiro atoms. The van der Waals surface area contributed by atoms with E-state index in [2.05, 4.69) is 6.58 Å². The highest BCUT2D eigenvalue weighted by molar-refractivity contribution is 5.69. The van der Waals surface area contributed by atoms with E-state index in [1.165, 1.54) is 0 Å². The van der Waals surface area contributed by atoms with Gasteiger partial charge in [-0.3, -0.25) is 0 Å². The first-order valence-corrected chi connectivity index (χ1v) is 5.12. The molecule has 1 aromatic carbocycles. The number of rotatable bonds is 3. The summed E-state index contributed by atoms with van der Waals surface area (Å²) >= 11 is 0. The van der Waals surface area contributed by atoms with E-state index in [4.69, 9.17) is 9.15 Å². The Hall–Kier alpha value is -1.96. The van der Waals surface area contributed by atoms with Crippen LogP contribution < -0.4 is 4.74 Å². The Morgan fingerprint density at radius 3 is 2.62 bits per heavy atom. The van der Waals surface area contributed by atoms with Crippen LogP contribution in [0, 0.1) is 6.92 Å². The van der Waals surface area contributed by atoms with Crippen LogP contribution in [0.1, 0.15) is 11.3 Å². The van der Waals surface area contributed by atoms with E-state index >= 15 is 0 Å². The zero-order valence-electron chi connectivity index (χ0n) is 9.49. The molecule has 82 valence electrons. The van der Waals surface area contributed by atoms with Crippen molar-refractivity contribution >= 4 is 6.08 Å². The Balaban J connectivity index is 2.52. The fourth-order valence-electron chi connectivity index (χ4n) is 1.62. The van der Waals surface area contributed by atoms with Crippen molar-refractivity contribution in [3.63, 3.8) is 0 Å². The van der Waals surface area contributed by atoms with Crippen molar-refractivity contribution in [1.82, 2.24) is 0 Å². The van der Waals surface area contributed by atoms with Gasteiger partial charge >= 0.3 is 0 Å². The predicted molar refractivity (Wildman–Crippen MR) is 65.5 cm³/mol. The molecule has 0 amide bonds. The Labute approximate surface area is 95.2 Å². The molecule has 0 aliphatic rings. The van der Waals surface area contributed by atoms with Gasteiger partial charge in [0.25, 0.3) is 0 Å². The first-order valence-electron chi connectivity index (χ1n) is 5.12. The topological polar surface area (TPSA) is 22.4 Å². The fourth-order valence-corrected chi connectivity index (χ4v) is 1.62. The van der Waals surface area contributed by atoms with E-state index in [9.17, 15) is 0 Å². The Morgan fingerprint density at radius 1 is 1.25 bits per heavy atom. The van der Waals surface area contributed by atoms with Gasteiger partial charge in [-0.25, -0.2) is 0 Å². The van der Waals surface area contributed by atoms with Crippen LogP contribution in [0.4, 0.5) is 0 Å². The van der Waals surface area contributed by atoms with Crippen molar-refractivity contribution in [2.75, 3.05) is 7.11 Å². The molecule has 2 heteroatoms. The van der Waals surface area contributed by atoms with E-state index < -0.39 is 0 Å². The zero-order chi connectivity index (χ0) is 11.5. The molecule has 0 bridgehead atoms. The average Bonchev–Trinajstić information content (AvgIpc) is 2.74. The number of furan rings is 1. The molecule has 2 nitrogen and oxygen atoms in total. The predicted octanol–water partition coefficient (Wildman–Crippen LogP) is 3.91. The number of hydrogen-bond acceptors (Lipinski definition) is 2. The molecule has 1 heterocycles. The second kappa shape index (κ2) is 4.27. The quantitative estimate of drug-likeness (QED) is 0.773. The molecule has 0 aliphatic heterocycles. The maximum atomic E-state index is 5.58. The maximum absolute atomic E-state index is 5.58. The van der Waals surface area contributed by atoms with Gasteiger partial charge in [0.05, 0.1) is 12.7 Å². The Kier molecular flexibility index (Phi) is 2.82. The largest absolute Gasteiger partial charge is 0.496 e. The molecule has 1 aromatic heterocycles. The second-order valence-corrected chi connectivity index (χ2v) is 3.57. The van der Waals surface area contributed by atoms with E-state index in [0.717, 1.165) is 28.4 Å². The van der Waals surface area contributed by atoms with Crippen LogP contribution in [-0.2, 0) is 0 Å². The summed E-state index contributed by atoms with van der Waals surface area (Å²) in [7, 11) is 1.65. The van der Waals surface area contributed by atoms with Crippen LogP contribution in [0.25, 0.3) is 17.4 Å². The highest BCUT2D eigenvalue weighted by Crippen LogP contribution is 2.32. The highest BCUT2D eigenvalue weighted by atomic mass is 16.5. The molecule has 16 heavy (non-hydrogen) atoms.